The molecule has 26 heavy (non-hydrogen) atoms. The van der Waals surface area contributed by atoms with Gasteiger partial charge in [0.2, 0.25) is 5.91 Å². The lowest BCUT2D eigenvalue weighted by Gasteiger charge is -2.16. The van der Waals surface area contributed by atoms with Crippen LogP contribution in [0.4, 0.5) is 5.82 Å². The van der Waals surface area contributed by atoms with Gasteiger partial charge in [0, 0.05) is 22.5 Å². The molecule has 2 heterocycles. The second-order valence-corrected chi connectivity index (χ2v) is 7.69. The van der Waals surface area contributed by atoms with E-state index in [1.807, 2.05) is 36.2 Å². The second kappa shape index (κ2) is 8.49. The van der Waals surface area contributed by atoms with E-state index in [2.05, 4.69) is 28.8 Å². The van der Waals surface area contributed by atoms with Crippen LogP contribution in [0, 0.1) is 6.92 Å². The van der Waals surface area contributed by atoms with E-state index in [-0.39, 0.29) is 5.91 Å². The topological polar surface area (TPSA) is 50.2 Å². The molecule has 2 aromatic heterocycles. The highest BCUT2D eigenvalue weighted by molar-refractivity contribution is 7.10. The summed E-state index contributed by atoms with van der Waals surface area (Å²) in [4.78, 5) is 15.7. The highest BCUT2D eigenvalue weighted by Gasteiger charge is 2.12. The third-order valence-electron chi connectivity index (χ3n) is 4.00. The number of hydrogen-bond acceptors (Lipinski definition) is 4. The van der Waals surface area contributed by atoms with Gasteiger partial charge >= 0.3 is 0 Å². The number of halogens is 1. The summed E-state index contributed by atoms with van der Waals surface area (Å²) in [6.07, 6.45) is 1.68. The van der Waals surface area contributed by atoms with Crippen LogP contribution in [0.3, 0.4) is 0 Å². The van der Waals surface area contributed by atoms with Crippen LogP contribution in [0.15, 0.2) is 48.0 Å². The van der Waals surface area contributed by atoms with Crippen LogP contribution in [0.25, 0.3) is 0 Å². The van der Waals surface area contributed by atoms with Crippen molar-refractivity contribution in [1.29, 1.82) is 0 Å². The van der Waals surface area contributed by atoms with Gasteiger partial charge in [0.1, 0.15) is 5.82 Å². The number of amides is 1. The van der Waals surface area contributed by atoms with E-state index >= 15 is 0 Å². The Morgan fingerprint density at radius 1 is 1.35 bits per heavy atom. The molecule has 3 aromatic rings. The van der Waals surface area contributed by atoms with Gasteiger partial charge in [0.05, 0.1) is 19.3 Å². The fraction of sp³-hybridized carbons (Fsp3) is 0.263. The van der Waals surface area contributed by atoms with Crippen molar-refractivity contribution >= 4 is 34.7 Å². The zero-order chi connectivity index (χ0) is 18.5. The zero-order valence-corrected chi connectivity index (χ0v) is 16.3. The molecule has 0 spiro atoms. The Labute approximate surface area is 162 Å². The average Bonchev–Trinajstić information content (AvgIpc) is 3.17. The van der Waals surface area contributed by atoms with Crippen LogP contribution < -0.4 is 5.32 Å². The van der Waals surface area contributed by atoms with Crippen LogP contribution in [0.5, 0.6) is 0 Å². The van der Waals surface area contributed by atoms with Gasteiger partial charge in [-0.2, -0.15) is 5.10 Å². The van der Waals surface area contributed by atoms with Gasteiger partial charge < -0.3 is 5.32 Å². The molecule has 1 N–H and O–H groups in total. The van der Waals surface area contributed by atoms with E-state index in [9.17, 15) is 4.79 Å². The van der Waals surface area contributed by atoms with E-state index in [4.69, 9.17) is 11.6 Å². The van der Waals surface area contributed by atoms with Crippen molar-refractivity contribution in [3.63, 3.8) is 0 Å². The predicted molar refractivity (Wildman–Crippen MR) is 107 cm³/mol. The first-order valence-electron chi connectivity index (χ1n) is 8.29. The lowest BCUT2D eigenvalue weighted by molar-refractivity contribution is -0.117. The summed E-state index contributed by atoms with van der Waals surface area (Å²) in [5, 5.41) is 10.00. The molecular formula is C19H21ClN4OS. The maximum atomic E-state index is 12.4. The first-order valence-corrected chi connectivity index (χ1v) is 9.54. The molecule has 0 aliphatic rings. The summed E-state index contributed by atoms with van der Waals surface area (Å²) in [5.74, 6) is 0.616. The maximum absolute atomic E-state index is 12.4. The second-order valence-electron chi connectivity index (χ2n) is 6.25. The Morgan fingerprint density at radius 2 is 2.19 bits per heavy atom. The molecule has 1 amide bonds. The number of hydrogen-bond donors (Lipinski definition) is 1. The molecule has 0 aliphatic heterocycles. The minimum Gasteiger partial charge on any atom is -0.310 e. The van der Waals surface area contributed by atoms with Crippen molar-refractivity contribution in [2.45, 2.75) is 20.0 Å². The third kappa shape index (κ3) is 4.94. The van der Waals surface area contributed by atoms with Crippen LogP contribution in [-0.4, -0.2) is 34.2 Å². The van der Waals surface area contributed by atoms with Gasteiger partial charge in [-0.25, -0.2) is 4.68 Å². The molecule has 3 rings (SSSR count). The van der Waals surface area contributed by atoms with Gasteiger partial charge in [0.15, 0.2) is 0 Å². The molecule has 7 heteroatoms. The summed E-state index contributed by atoms with van der Waals surface area (Å²) in [5.41, 5.74) is 2.30. The van der Waals surface area contributed by atoms with Crippen molar-refractivity contribution < 1.29 is 4.79 Å². The molecule has 0 atom stereocenters. The van der Waals surface area contributed by atoms with E-state index in [0.29, 0.717) is 23.9 Å². The Kier molecular flexibility index (Phi) is 6.08. The predicted octanol–water partition coefficient (Wildman–Crippen LogP) is 4.03. The van der Waals surface area contributed by atoms with Crippen molar-refractivity contribution in [1.82, 2.24) is 14.7 Å². The smallest absolute Gasteiger partial charge is 0.239 e. The van der Waals surface area contributed by atoms with Crippen LogP contribution in [0.1, 0.15) is 16.0 Å². The van der Waals surface area contributed by atoms with E-state index in [1.54, 1.807) is 28.3 Å². The molecule has 0 fully saturated rings. The van der Waals surface area contributed by atoms with Crippen LogP contribution in [-0.2, 0) is 17.9 Å². The number of likely N-dealkylation sites (N-methyl/N-ethyl adjacent to an activating group) is 1. The Bertz CT molecular complexity index is 889. The molecule has 0 saturated carbocycles. The molecule has 5 nitrogen and oxygen atoms in total. The average molecular weight is 389 g/mol. The van der Waals surface area contributed by atoms with E-state index in [0.717, 1.165) is 12.1 Å². The molecule has 0 saturated heterocycles. The number of nitrogens with zero attached hydrogens (tertiary/aromatic N) is 3. The van der Waals surface area contributed by atoms with E-state index < -0.39 is 0 Å². The summed E-state index contributed by atoms with van der Waals surface area (Å²) in [6.45, 7) is 3.72. The Hall–Kier alpha value is -2.15. The van der Waals surface area contributed by atoms with Gasteiger partial charge in [-0.15, -0.1) is 11.3 Å². The van der Waals surface area contributed by atoms with Gasteiger partial charge in [-0.05, 0) is 48.7 Å². The molecule has 0 radical (unpaired) electrons. The highest BCUT2D eigenvalue weighted by atomic mass is 35.5. The van der Waals surface area contributed by atoms with Crippen molar-refractivity contribution in [2.24, 2.45) is 0 Å². The monoisotopic (exact) mass is 388 g/mol. The number of nitrogens with one attached hydrogen (secondary N) is 1. The van der Waals surface area contributed by atoms with Gasteiger partial charge in [0.25, 0.3) is 0 Å². The zero-order valence-electron chi connectivity index (χ0n) is 14.8. The number of aromatic nitrogens is 2. The minimum atomic E-state index is -0.0606. The number of benzene rings is 1. The summed E-state index contributed by atoms with van der Waals surface area (Å²) in [7, 11) is 1.95. The quantitative estimate of drug-likeness (QED) is 0.664. The number of rotatable bonds is 7. The number of anilines is 1. The Morgan fingerprint density at radius 3 is 2.92 bits per heavy atom. The number of thiophene rings is 1. The Balaban J connectivity index is 1.58. The maximum Gasteiger partial charge on any atom is 0.239 e. The number of carbonyl (C=O) groups is 1. The van der Waals surface area contributed by atoms with Gasteiger partial charge in [-0.1, -0.05) is 23.7 Å². The van der Waals surface area contributed by atoms with Crippen molar-refractivity contribution in [3.8, 4) is 0 Å². The lowest BCUT2D eigenvalue weighted by Crippen LogP contribution is -2.30. The lowest BCUT2D eigenvalue weighted by atomic mass is 10.2. The standard InChI is InChI=1S/C19H21ClN4OS/c1-14-7-9-26-17(14)12-23(2)13-19(25)22-18-6-8-21-24(18)11-15-4-3-5-16(20)10-15/h3-10H,11-13H2,1-2H3,(H,22,25). The first kappa shape index (κ1) is 18.6. The van der Waals surface area contributed by atoms with Crippen LogP contribution in [0.2, 0.25) is 5.02 Å². The van der Waals surface area contributed by atoms with Gasteiger partial charge in [-0.3, -0.25) is 9.69 Å². The summed E-state index contributed by atoms with van der Waals surface area (Å²) in [6, 6.07) is 11.5. The number of carbonyl (C=O) groups excluding carboxylic acids is 1. The third-order valence-corrected chi connectivity index (χ3v) is 5.24. The summed E-state index contributed by atoms with van der Waals surface area (Å²) >= 11 is 7.75. The molecule has 0 unspecified atom stereocenters. The fourth-order valence-electron chi connectivity index (χ4n) is 2.67. The number of aryl methyl sites for hydroxylation is 1. The van der Waals surface area contributed by atoms with Crippen LogP contribution >= 0.6 is 22.9 Å². The highest BCUT2D eigenvalue weighted by Crippen LogP contribution is 2.17. The molecule has 0 bridgehead atoms. The normalized spacial score (nSPS) is 11.1. The molecule has 0 aliphatic carbocycles. The summed E-state index contributed by atoms with van der Waals surface area (Å²) < 4.78 is 1.76. The van der Waals surface area contributed by atoms with Crippen molar-refractivity contribution in [2.75, 3.05) is 18.9 Å². The SMILES string of the molecule is Cc1ccsc1CN(C)CC(=O)Nc1ccnn1Cc1cccc(Cl)c1. The minimum absolute atomic E-state index is 0.0606. The molecule has 1 aromatic carbocycles. The fourth-order valence-corrected chi connectivity index (χ4v) is 3.87. The molecule has 136 valence electrons. The van der Waals surface area contributed by atoms with E-state index in [1.165, 1.54) is 10.4 Å². The largest absolute Gasteiger partial charge is 0.310 e. The molecular weight excluding hydrogens is 368 g/mol. The van der Waals surface area contributed by atoms with Crippen molar-refractivity contribution in [3.05, 3.63) is 69.0 Å². The first-order chi connectivity index (χ1) is 12.5.